The van der Waals surface area contributed by atoms with Crippen molar-refractivity contribution in [3.05, 3.63) is 0 Å². The summed E-state index contributed by atoms with van der Waals surface area (Å²) in [6.07, 6.45) is 13.2. The predicted molar refractivity (Wildman–Crippen MR) is 110 cm³/mol. The van der Waals surface area contributed by atoms with E-state index in [0.717, 1.165) is 25.0 Å². The Balaban J connectivity index is 3.16. The van der Waals surface area contributed by atoms with Crippen LogP contribution in [0, 0.1) is 0 Å². The third kappa shape index (κ3) is 21.1. The van der Waals surface area contributed by atoms with Crippen LogP contribution in [0.4, 0.5) is 4.79 Å². The van der Waals surface area contributed by atoms with Gasteiger partial charge < -0.3 is 15.2 Å². The molecule has 0 spiro atoms. The van der Waals surface area contributed by atoms with E-state index in [1.54, 1.807) is 0 Å². The Labute approximate surface area is 164 Å². The van der Waals surface area contributed by atoms with E-state index in [4.69, 9.17) is 9.84 Å². The zero-order valence-corrected chi connectivity index (χ0v) is 17.8. The van der Waals surface area contributed by atoms with E-state index in [-0.39, 0.29) is 11.8 Å². The van der Waals surface area contributed by atoms with E-state index in [1.165, 1.54) is 63.1 Å². The van der Waals surface area contributed by atoms with Crippen LogP contribution in [0.3, 0.4) is 0 Å². The van der Waals surface area contributed by atoms with Crippen molar-refractivity contribution < 1.29 is 19.4 Å². The van der Waals surface area contributed by atoms with Gasteiger partial charge in [0, 0.05) is 6.54 Å². The number of carbonyl (C=O) groups is 2. The lowest BCUT2D eigenvalue weighted by atomic mass is 10.1. The average Bonchev–Trinajstić information content (AvgIpc) is 2.52. The lowest BCUT2D eigenvalue weighted by Gasteiger charge is -2.19. The zero-order chi connectivity index (χ0) is 19.7. The molecule has 0 aliphatic rings. The van der Waals surface area contributed by atoms with Crippen molar-refractivity contribution in [1.29, 1.82) is 0 Å². The van der Waals surface area contributed by atoms with E-state index in [2.05, 4.69) is 5.32 Å². The van der Waals surface area contributed by atoms with Crippen LogP contribution in [0.25, 0.3) is 0 Å². The Hall–Kier alpha value is -0.910. The fraction of sp³-hybridized carbons (Fsp3) is 0.900. The minimum Gasteiger partial charge on any atom is -0.481 e. The zero-order valence-electron chi connectivity index (χ0n) is 17.0. The number of hydrogen-bond acceptors (Lipinski definition) is 4. The largest absolute Gasteiger partial charge is 0.481 e. The first-order valence-corrected chi connectivity index (χ1v) is 11.2. The van der Waals surface area contributed by atoms with Crippen LogP contribution in [0.2, 0.25) is 0 Å². The van der Waals surface area contributed by atoms with Crippen LogP contribution in [0.15, 0.2) is 0 Å². The molecule has 0 radical (unpaired) electrons. The van der Waals surface area contributed by atoms with Crippen molar-refractivity contribution in [3.63, 3.8) is 0 Å². The summed E-state index contributed by atoms with van der Waals surface area (Å²) in [5.41, 5.74) is -0.427. The number of carbonyl (C=O) groups excluding carboxylic acids is 1. The second-order valence-electron chi connectivity index (χ2n) is 7.76. The number of nitrogens with one attached hydrogen (secondary N) is 1. The SMILES string of the molecule is CC(C)(C)OC(=O)NCCCCCCCCCCCCCSCC(=O)O. The van der Waals surface area contributed by atoms with Crippen molar-refractivity contribution in [2.75, 3.05) is 18.1 Å². The molecule has 0 aliphatic heterocycles. The highest BCUT2D eigenvalue weighted by atomic mass is 32.2. The molecule has 2 N–H and O–H groups in total. The molecule has 154 valence electrons. The van der Waals surface area contributed by atoms with Crippen molar-refractivity contribution >= 4 is 23.8 Å². The molecule has 6 heteroatoms. The molecule has 0 atom stereocenters. The van der Waals surface area contributed by atoms with Crippen LogP contribution in [-0.2, 0) is 9.53 Å². The molecule has 0 aromatic rings. The number of aliphatic carboxylic acids is 1. The van der Waals surface area contributed by atoms with Gasteiger partial charge in [0.1, 0.15) is 5.60 Å². The Kier molecular flexibility index (Phi) is 15.7. The first-order valence-electron chi connectivity index (χ1n) is 10.1. The Morgan fingerprint density at radius 2 is 1.31 bits per heavy atom. The molecule has 0 fully saturated rings. The molecule has 1 amide bonds. The van der Waals surface area contributed by atoms with Crippen LogP contribution in [-0.4, -0.2) is 40.8 Å². The summed E-state index contributed by atoms with van der Waals surface area (Å²) in [6.45, 7) is 6.30. The molecular weight excluding hydrogens is 350 g/mol. The van der Waals surface area contributed by atoms with Crippen LogP contribution >= 0.6 is 11.8 Å². The molecule has 0 saturated heterocycles. The molecule has 0 unspecified atom stereocenters. The summed E-state index contributed by atoms with van der Waals surface area (Å²) in [7, 11) is 0. The second-order valence-corrected chi connectivity index (χ2v) is 8.87. The summed E-state index contributed by atoms with van der Waals surface area (Å²) < 4.78 is 5.19. The third-order valence-corrected chi connectivity index (χ3v) is 4.89. The van der Waals surface area contributed by atoms with Gasteiger partial charge in [-0.15, -0.1) is 0 Å². The number of amides is 1. The second kappa shape index (κ2) is 16.3. The normalized spacial score (nSPS) is 11.3. The number of rotatable bonds is 16. The van der Waals surface area contributed by atoms with Crippen LogP contribution in [0.1, 0.15) is 91.4 Å². The standard InChI is InChI=1S/C20H39NO4S/c1-20(2,3)25-19(24)21-15-13-11-9-7-5-4-6-8-10-12-14-16-26-17-18(22)23/h4-17H2,1-3H3,(H,21,24)(H,22,23). The number of carboxylic acids is 1. The van der Waals surface area contributed by atoms with Crippen molar-refractivity contribution in [1.82, 2.24) is 5.32 Å². The Bertz CT molecular complexity index is 369. The Morgan fingerprint density at radius 1 is 0.846 bits per heavy atom. The number of hydrogen-bond donors (Lipinski definition) is 2. The molecule has 0 aromatic heterocycles. The van der Waals surface area contributed by atoms with Crippen LogP contribution < -0.4 is 5.32 Å². The summed E-state index contributed by atoms with van der Waals surface area (Å²) in [5, 5.41) is 11.3. The molecule has 5 nitrogen and oxygen atoms in total. The minimum atomic E-state index is -0.714. The number of alkyl carbamates (subject to hydrolysis) is 1. The lowest BCUT2D eigenvalue weighted by Crippen LogP contribution is -2.32. The summed E-state index contributed by atoms with van der Waals surface area (Å²) >= 11 is 1.52. The Morgan fingerprint density at radius 3 is 1.77 bits per heavy atom. The maximum Gasteiger partial charge on any atom is 0.407 e. The maximum atomic E-state index is 11.5. The van der Waals surface area contributed by atoms with Gasteiger partial charge in [-0.05, 0) is 39.4 Å². The molecule has 26 heavy (non-hydrogen) atoms. The molecular formula is C20H39NO4S. The summed E-state index contributed by atoms with van der Waals surface area (Å²) in [5.74, 6) is 0.487. The highest BCUT2D eigenvalue weighted by Gasteiger charge is 2.15. The van der Waals surface area contributed by atoms with Crippen molar-refractivity contribution in [2.45, 2.75) is 97.0 Å². The van der Waals surface area contributed by atoms with E-state index in [1.807, 2.05) is 20.8 Å². The van der Waals surface area contributed by atoms with Gasteiger partial charge in [0.05, 0.1) is 5.75 Å². The van der Waals surface area contributed by atoms with Crippen LogP contribution in [0.5, 0.6) is 0 Å². The smallest absolute Gasteiger partial charge is 0.407 e. The summed E-state index contributed by atoms with van der Waals surface area (Å²) in [4.78, 5) is 21.8. The topological polar surface area (TPSA) is 75.6 Å². The minimum absolute atomic E-state index is 0.233. The number of ether oxygens (including phenoxy) is 1. The first-order chi connectivity index (χ1) is 12.3. The van der Waals surface area contributed by atoms with Gasteiger partial charge in [0.2, 0.25) is 0 Å². The van der Waals surface area contributed by atoms with Gasteiger partial charge in [-0.1, -0.05) is 57.8 Å². The molecule has 0 heterocycles. The summed E-state index contributed by atoms with van der Waals surface area (Å²) in [6, 6.07) is 0. The lowest BCUT2D eigenvalue weighted by molar-refractivity contribution is -0.133. The van der Waals surface area contributed by atoms with Gasteiger partial charge in [-0.25, -0.2) is 4.79 Å². The number of carboxylic acid groups (broad SMARTS) is 1. The van der Waals surface area contributed by atoms with Crippen molar-refractivity contribution in [3.8, 4) is 0 Å². The number of thioether (sulfide) groups is 1. The highest BCUT2D eigenvalue weighted by molar-refractivity contribution is 7.99. The van der Waals surface area contributed by atoms with Crippen molar-refractivity contribution in [2.24, 2.45) is 0 Å². The monoisotopic (exact) mass is 389 g/mol. The quantitative estimate of drug-likeness (QED) is 0.335. The van der Waals surface area contributed by atoms with Gasteiger partial charge in [-0.3, -0.25) is 4.79 Å². The first kappa shape index (κ1) is 25.1. The third-order valence-electron chi connectivity index (χ3n) is 3.86. The number of unbranched alkanes of at least 4 members (excludes halogenated alkanes) is 10. The van der Waals surface area contributed by atoms with E-state index in [0.29, 0.717) is 6.54 Å². The fourth-order valence-corrected chi connectivity index (χ4v) is 3.31. The fourth-order valence-electron chi connectivity index (χ4n) is 2.58. The average molecular weight is 390 g/mol. The van der Waals surface area contributed by atoms with E-state index < -0.39 is 11.6 Å². The molecule has 0 aromatic carbocycles. The van der Waals surface area contributed by atoms with Gasteiger partial charge in [0.25, 0.3) is 0 Å². The van der Waals surface area contributed by atoms with Gasteiger partial charge in [0.15, 0.2) is 0 Å². The van der Waals surface area contributed by atoms with E-state index >= 15 is 0 Å². The molecule has 0 aliphatic carbocycles. The van der Waals surface area contributed by atoms with Gasteiger partial charge in [-0.2, -0.15) is 11.8 Å². The van der Waals surface area contributed by atoms with Gasteiger partial charge >= 0.3 is 12.1 Å². The molecule has 0 bridgehead atoms. The van der Waals surface area contributed by atoms with E-state index in [9.17, 15) is 9.59 Å². The molecule has 0 rings (SSSR count). The molecule has 0 saturated carbocycles. The highest BCUT2D eigenvalue weighted by Crippen LogP contribution is 2.13. The maximum absolute atomic E-state index is 11.5. The predicted octanol–water partition coefficient (Wildman–Crippen LogP) is 5.62.